The molecular weight excluding hydrogens is 382 g/mol. The van der Waals surface area contributed by atoms with Gasteiger partial charge >= 0.3 is 6.03 Å². The first-order valence-electron chi connectivity index (χ1n) is 9.46. The van der Waals surface area contributed by atoms with Gasteiger partial charge in [0.2, 0.25) is 5.91 Å². The number of urea groups is 1. The van der Waals surface area contributed by atoms with E-state index in [0.29, 0.717) is 43.4 Å². The minimum atomic E-state index is -0.661. The first-order chi connectivity index (χ1) is 13.2. The summed E-state index contributed by atoms with van der Waals surface area (Å²) in [7, 11) is 0. The maximum absolute atomic E-state index is 13.0. The zero-order valence-corrected chi connectivity index (χ0v) is 17.6. The minimum absolute atomic E-state index is 0.252. The van der Waals surface area contributed by atoms with Crippen LogP contribution in [-0.2, 0) is 9.59 Å². The lowest BCUT2D eigenvalue weighted by Gasteiger charge is -2.31. The molecule has 1 atom stereocenters. The Morgan fingerprint density at radius 1 is 1.36 bits per heavy atom. The van der Waals surface area contributed by atoms with Crippen molar-refractivity contribution in [3.8, 4) is 0 Å². The normalized spacial score (nSPS) is 16.4. The highest BCUT2D eigenvalue weighted by Crippen LogP contribution is 2.24. The molecule has 1 aromatic heterocycles. The molecule has 156 valence electrons. The molecule has 1 fully saturated rings. The summed E-state index contributed by atoms with van der Waals surface area (Å²) in [5, 5.41) is 12.1. The van der Waals surface area contributed by atoms with Crippen LogP contribution in [0.3, 0.4) is 0 Å². The predicted molar refractivity (Wildman–Crippen MR) is 106 cm³/mol. The number of anilines is 1. The van der Waals surface area contributed by atoms with E-state index >= 15 is 0 Å². The molecule has 3 N–H and O–H groups in total. The predicted octanol–water partition coefficient (Wildman–Crippen LogP) is 2.14. The highest BCUT2D eigenvalue weighted by atomic mass is 32.1. The number of nitrogens with zero attached hydrogens (tertiary/aromatic N) is 3. The summed E-state index contributed by atoms with van der Waals surface area (Å²) in [5.74, 6) is -0.581. The molecule has 0 radical (unpaired) electrons. The van der Waals surface area contributed by atoms with Crippen LogP contribution in [0, 0.1) is 19.8 Å². The fourth-order valence-corrected chi connectivity index (χ4v) is 3.85. The number of hydroxylamine groups is 1. The molecule has 1 saturated heterocycles. The van der Waals surface area contributed by atoms with Gasteiger partial charge in [0.15, 0.2) is 5.13 Å². The lowest BCUT2D eigenvalue weighted by Crippen LogP contribution is -2.51. The van der Waals surface area contributed by atoms with Crippen LogP contribution in [0.25, 0.3) is 0 Å². The molecule has 0 aromatic carbocycles. The van der Waals surface area contributed by atoms with Gasteiger partial charge in [0, 0.05) is 18.0 Å². The topological polar surface area (TPSA) is 115 Å². The Morgan fingerprint density at radius 3 is 2.64 bits per heavy atom. The number of amides is 4. The number of carbonyl (C=O) groups excluding carboxylic acids is 3. The molecule has 1 aliphatic rings. The summed E-state index contributed by atoms with van der Waals surface area (Å²) in [4.78, 5) is 45.6. The maximum atomic E-state index is 13.0. The van der Waals surface area contributed by atoms with Gasteiger partial charge in [-0.2, -0.15) is 0 Å². The number of hydrogen-bond donors (Lipinski definition) is 3. The molecule has 0 saturated carbocycles. The second-order valence-corrected chi connectivity index (χ2v) is 8.63. The van der Waals surface area contributed by atoms with Gasteiger partial charge in [0.05, 0.1) is 5.69 Å². The second-order valence-electron chi connectivity index (χ2n) is 7.42. The van der Waals surface area contributed by atoms with Crippen LogP contribution < -0.4 is 10.8 Å². The average molecular weight is 412 g/mol. The lowest BCUT2D eigenvalue weighted by atomic mass is 10.1. The van der Waals surface area contributed by atoms with Crippen LogP contribution in [0.1, 0.15) is 43.7 Å². The van der Waals surface area contributed by atoms with E-state index in [2.05, 4.69) is 10.3 Å². The van der Waals surface area contributed by atoms with E-state index in [1.165, 1.54) is 21.1 Å². The largest absolute Gasteiger partial charge is 0.321 e. The van der Waals surface area contributed by atoms with E-state index in [0.717, 1.165) is 10.6 Å². The van der Waals surface area contributed by atoms with Crippen LogP contribution in [0.15, 0.2) is 0 Å². The number of thiazole rings is 1. The molecule has 0 bridgehead atoms. The van der Waals surface area contributed by atoms with Crippen LogP contribution in [0.4, 0.5) is 9.93 Å². The van der Waals surface area contributed by atoms with Gasteiger partial charge in [-0.15, -0.1) is 11.3 Å². The van der Waals surface area contributed by atoms with Crippen molar-refractivity contribution < 1.29 is 19.6 Å². The molecule has 2 heterocycles. The molecule has 9 nitrogen and oxygen atoms in total. The molecule has 10 heteroatoms. The number of aromatic nitrogens is 1. The van der Waals surface area contributed by atoms with Crippen molar-refractivity contribution in [2.24, 2.45) is 5.92 Å². The fourth-order valence-electron chi connectivity index (χ4n) is 3.03. The van der Waals surface area contributed by atoms with Gasteiger partial charge in [0.25, 0.3) is 5.91 Å². The molecule has 0 aliphatic carbocycles. The summed E-state index contributed by atoms with van der Waals surface area (Å²) in [6.45, 7) is 8.44. The van der Waals surface area contributed by atoms with Crippen molar-refractivity contribution in [2.45, 2.75) is 53.0 Å². The Hall–Kier alpha value is -2.20. The molecule has 2 rings (SSSR count). The van der Waals surface area contributed by atoms with E-state index in [-0.39, 0.29) is 18.5 Å². The smallest absolute Gasteiger partial charge is 0.315 e. The number of aryl methyl sites for hydroxylation is 2. The number of nitrogens with one attached hydrogen (secondary N) is 2. The minimum Gasteiger partial charge on any atom is -0.315 e. The standard InChI is InChI=1S/C18H29N5O4S/c1-11(2)7-9-22(10-15(24)21-27)18(26)23-8-5-6-14(23)16(25)20-17-19-12(3)13(4)28-17/h11,14,27H,5-10H2,1-4H3,(H,21,24)(H,19,20,25)/t14-/m0/s1. The third-order valence-electron chi connectivity index (χ3n) is 4.77. The molecule has 4 amide bonds. The Labute approximate surface area is 169 Å². The Balaban J connectivity index is 2.09. The molecule has 0 spiro atoms. The van der Waals surface area contributed by atoms with Crippen molar-refractivity contribution in [1.82, 2.24) is 20.3 Å². The number of hydrogen-bond acceptors (Lipinski definition) is 6. The third kappa shape index (κ3) is 5.65. The highest BCUT2D eigenvalue weighted by Gasteiger charge is 2.37. The summed E-state index contributed by atoms with van der Waals surface area (Å²) in [5.41, 5.74) is 2.44. The number of rotatable bonds is 7. The fraction of sp³-hybridized carbons (Fsp3) is 0.667. The van der Waals surface area contributed by atoms with Crippen molar-refractivity contribution in [3.63, 3.8) is 0 Å². The zero-order valence-electron chi connectivity index (χ0n) is 16.8. The van der Waals surface area contributed by atoms with Gasteiger partial charge in [-0.05, 0) is 39.0 Å². The van der Waals surface area contributed by atoms with Crippen molar-refractivity contribution in [1.29, 1.82) is 0 Å². The lowest BCUT2D eigenvalue weighted by molar-refractivity contribution is -0.129. The van der Waals surface area contributed by atoms with E-state index in [1.54, 1.807) is 5.48 Å². The molecular formula is C18H29N5O4S. The first-order valence-corrected chi connectivity index (χ1v) is 10.3. The quantitative estimate of drug-likeness (QED) is 0.470. The third-order valence-corrected chi connectivity index (χ3v) is 5.75. The van der Waals surface area contributed by atoms with E-state index in [4.69, 9.17) is 5.21 Å². The molecule has 1 aliphatic heterocycles. The van der Waals surface area contributed by atoms with Gasteiger partial charge in [-0.25, -0.2) is 15.3 Å². The summed E-state index contributed by atoms with van der Waals surface area (Å²) >= 11 is 1.40. The molecule has 1 aromatic rings. The van der Waals surface area contributed by atoms with Crippen molar-refractivity contribution in [2.75, 3.05) is 25.0 Å². The Morgan fingerprint density at radius 2 is 2.07 bits per heavy atom. The van der Waals surface area contributed by atoms with Gasteiger partial charge in [-0.1, -0.05) is 13.8 Å². The van der Waals surface area contributed by atoms with E-state index in [1.807, 2.05) is 27.7 Å². The number of likely N-dealkylation sites (tertiary alicyclic amines) is 1. The van der Waals surface area contributed by atoms with Crippen molar-refractivity contribution >= 4 is 34.3 Å². The molecule has 0 unspecified atom stereocenters. The highest BCUT2D eigenvalue weighted by molar-refractivity contribution is 7.15. The molecule has 28 heavy (non-hydrogen) atoms. The van der Waals surface area contributed by atoms with Gasteiger partial charge in [0.1, 0.15) is 12.6 Å². The van der Waals surface area contributed by atoms with Crippen LogP contribution >= 0.6 is 11.3 Å². The van der Waals surface area contributed by atoms with Crippen molar-refractivity contribution in [3.05, 3.63) is 10.6 Å². The maximum Gasteiger partial charge on any atom is 0.321 e. The SMILES string of the molecule is Cc1nc(NC(=O)[C@@H]2CCCN2C(=O)N(CCC(C)C)CC(=O)NO)sc1C. The number of carbonyl (C=O) groups is 3. The summed E-state index contributed by atoms with van der Waals surface area (Å²) in [6, 6.07) is -0.968. The summed E-state index contributed by atoms with van der Waals surface area (Å²) < 4.78 is 0. The second kappa shape index (κ2) is 9.83. The Kier molecular flexibility index (Phi) is 7.76. The van der Waals surface area contributed by atoms with Crippen LogP contribution in [-0.4, -0.2) is 63.5 Å². The van der Waals surface area contributed by atoms with Crippen LogP contribution in [0.2, 0.25) is 0 Å². The Bertz CT molecular complexity index is 701. The van der Waals surface area contributed by atoms with Gasteiger partial charge < -0.3 is 15.1 Å². The van der Waals surface area contributed by atoms with E-state index in [9.17, 15) is 14.4 Å². The van der Waals surface area contributed by atoms with Gasteiger partial charge in [-0.3, -0.25) is 14.8 Å². The first kappa shape index (κ1) is 22.1. The van der Waals surface area contributed by atoms with E-state index < -0.39 is 11.9 Å². The van der Waals surface area contributed by atoms with Crippen LogP contribution in [0.5, 0.6) is 0 Å². The summed E-state index contributed by atoms with van der Waals surface area (Å²) in [6.07, 6.45) is 1.99. The monoisotopic (exact) mass is 411 g/mol. The average Bonchev–Trinajstić information content (AvgIpc) is 3.24. The zero-order chi connectivity index (χ0) is 20.8.